The summed E-state index contributed by atoms with van der Waals surface area (Å²) in [7, 11) is 0. The van der Waals surface area contributed by atoms with Crippen molar-refractivity contribution in [1.82, 2.24) is 0 Å². The third-order valence-electron chi connectivity index (χ3n) is 2.03. The van der Waals surface area contributed by atoms with Crippen molar-refractivity contribution in [3.05, 3.63) is 35.4 Å². The van der Waals surface area contributed by atoms with Gasteiger partial charge in [0.2, 0.25) is 0 Å². The second kappa shape index (κ2) is 2.78. The first-order valence-corrected chi connectivity index (χ1v) is 3.94. The molecular formula is C10H8N2. The second-order valence-corrected chi connectivity index (χ2v) is 2.75. The summed E-state index contributed by atoms with van der Waals surface area (Å²) >= 11 is 0. The third-order valence-corrected chi connectivity index (χ3v) is 2.03. The molecule has 0 aromatic heterocycles. The van der Waals surface area contributed by atoms with Crippen molar-refractivity contribution in [2.45, 2.75) is 6.42 Å². The van der Waals surface area contributed by atoms with Crippen LogP contribution in [0.5, 0.6) is 0 Å². The molecule has 0 spiro atoms. The van der Waals surface area contributed by atoms with E-state index in [0.29, 0.717) is 5.71 Å². The van der Waals surface area contributed by atoms with Crippen LogP contribution in [0.25, 0.3) is 0 Å². The Bertz CT molecular complexity index is 372. The summed E-state index contributed by atoms with van der Waals surface area (Å²) in [6.45, 7) is 0.750. The molecule has 2 rings (SSSR count). The summed E-state index contributed by atoms with van der Waals surface area (Å²) in [4.78, 5) is 4.14. The summed E-state index contributed by atoms with van der Waals surface area (Å²) < 4.78 is 0. The lowest BCUT2D eigenvalue weighted by Gasteiger charge is -2.11. The molecule has 1 aliphatic heterocycles. The van der Waals surface area contributed by atoms with Crippen molar-refractivity contribution in [3.63, 3.8) is 0 Å². The minimum Gasteiger partial charge on any atom is -0.273 e. The minimum atomic E-state index is 0.580. The first-order chi connectivity index (χ1) is 5.92. The highest BCUT2D eigenvalue weighted by molar-refractivity contribution is 6.13. The van der Waals surface area contributed by atoms with Gasteiger partial charge in [-0.1, -0.05) is 24.3 Å². The van der Waals surface area contributed by atoms with E-state index in [1.54, 1.807) is 0 Å². The summed E-state index contributed by atoms with van der Waals surface area (Å²) in [6.07, 6.45) is 0.960. The Morgan fingerprint density at radius 3 is 3.00 bits per heavy atom. The molecule has 0 bridgehead atoms. The van der Waals surface area contributed by atoms with Crippen LogP contribution in [0.4, 0.5) is 0 Å². The van der Waals surface area contributed by atoms with Gasteiger partial charge in [0.05, 0.1) is 0 Å². The molecule has 2 nitrogen and oxygen atoms in total. The zero-order valence-corrected chi connectivity index (χ0v) is 6.62. The van der Waals surface area contributed by atoms with Gasteiger partial charge < -0.3 is 0 Å². The Balaban J connectivity index is 2.57. The molecule has 0 unspecified atom stereocenters. The molecule has 1 aromatic carbocycles. The lowest BCUT2D eigenvalue weighted by molar-refractivity contribution is 0.946. The van der Waals surface area contributed by atoms with Gasteiger partial charge in [-0.25, -0.2) is 0 Å². The van der Waals surface area contributed by atoms with Crippen LogP contribution in [-0.4, -0.2) is 12.3 Å². The minimum absolute atomic E-state index is 0.580. The number of fused-ring (bicyclic) bond motifs is 1. The normalized spacial score (nSPS) is 14.4. The Morgan fingerprint density at radius 2 is 2.17 bits per heavy atom. The molecule has 1 aliphatic rings. The van der Waals surface area contributed by atoms with Gasteiger partial charge >= 0.3 is 0 Å². The van der Waals surface area contributed by atoms with E-state index < -0.39 is 0 Å². The second-order valence-electron chi connectivity index (χ2n) is 2.75. The van der Waals surface area contributed by atoms with E-state index in [-0.39, 0.29) is 0 Å². The highest BCUT2D eigenvalue weighted by atomic mass is 14.7. The fourth-order valence-electron chi connectivity index (χ4n) is 1.44. The number of hydrogen-bond donors (Lipinski definition) is 0. The predicted molar refractivity (Wildman–Crippen MR) is 47.2 cm³/mol. The van der Waals surface area contributed by atoms with Gasteiger partial charge in [-0.2, -0.15) is 5.26 Å². The Kier molecular flexibility index (Phi) is 1.64. The van der Waals surface area contributed by atoms with Crippen molar-refractivity contribution >= 4 is 5.71 Å². The Morgan fingerprint density at radius 1 is 1.33 bits per heavy atom. The number of aliphatic imine (C=N–C) groups is 1. The number of nitriles is 1. The van der Waals surface area contributed by atoms with Gasteiger partial charge in [0, 0.05) is 12.1 Å². The third kappa shape index (κ3) is 0.998. The quantitative estimate of drug-likeness (QED) is 0.561. The van der Waals surface area contributed by atoms with E-state index in [9.17, 15) is 0 Å². The van der Waals surface area contributed by atoms with Crippen LogP contribution >= 0.6 is 0 Å². The van der Waals surface area contributed by atoms with Crippen molar-refractivity contribution in [3.8, 4) is 6.07 Å². The molecule has 0 radical (unpaired) electrons. The maximum Gasteiger partial charge on any atom is 0.142 e. The summed E-state index contributed by atoms with van der Waals surface area (Å²) in [6, 6.07) is 10.1. The van der Waals surface area contributed by atoms with Gasteiger partial charge in [0.25, 0.3) is 0 Å². The van der Waals surface area contributed by atoms with Crippen LogP contribution in [0, 0.1) is 11.3 Å². The van der Waals surface area contributed by atoms with Crippen LogP contribution in [0.1, 0.15) is 11.1 Å². The molecule has 0 fully saturated rings. The van der Waals surface area contributed by atoms with Gasteiger partial charge in [-0.05, 0) is 12.0 Å². The standard InChI is InChI=1S/C10H8N2/c11-7-10-9-4-2-1-3-8(9)5-6-12-10/h1-4H,5-6H2. The lowest BCUT2D eigenvalue weighted by Crippen LogP contribution is -2.10. The molecule has 2 heteroatoms. The van der Waals surface area contributed by atoms with Crippen LogP contribution < -0.4 is 0 Å². The van der Waals surface area contributed by atoms with Crippen LogP contribution in [0.3, 0.4) is 0 Å². The first kappa shape index (κ1) is 7.05. The molecule has 0 aliphatic carbocycles. The molecule has 0 N–H and O–H groups in total. The van der Waals surface area contributed by atoms with E-state index in [2.05, 4.69) is 17.1 Å². The molecule has 0 saturated heterocycles. The zero-order chi connectivity index (χ0) is 8.39. The first-order valence-electron chi connectivity index (χ1n) is 3.94. The monoisotopic (exact) mass is 156 g/mol. The molecule has 58 valence electrons. The van der Waals surface area contributed by atoms with E-state index in [4.69, 9.17) is 5.26 Å². The van der Waals surface area contributed by atoms with Crippen molar-refractivity contribution in [2.75, 3.05) is 6.54 Å². The van der Waals surface area contributed by atoms with Gasteiger partial charge in [0.1, 0.15) is 11.8 Å². The van der Waals surface area contributed by atoms with E-state index in [1.807, 2.05) is 18.2 Å². The molecular weight excluding hydrogens is 148 g/mol. The summed E-state index contributed by atoms with van der Waals surface area (Å²) in [5, 5.41) is 8.76. The predicted octanol–water partition coefficient (Wildman–Crippen LogP) is 1.56. The van der Waals surface area contributed by atoms with Gasteiger partial charge in [-0.15, -0.1) is 0 Å². The number of hydrogen-bond acceptors (Lipinski definition) is 2. The van der Waals surface area contributed by atoms with Crippen LogP contribution in [-0.2, 0) is 6.42 Å². The van der Waals surface area contributed by atoms with Crippen molar-refractivity contribution in [2.24, 2.45) is 4.99 Å². The van der Waals surface area contributed by atoms with Crippen LogP contribution in [0.2, 0.25) is 0 Å². The molecule has 0 amide bonds. The smallest absolute Gasteiger partial charge is 0.142 e. The SMILES string of the molecule is N#CC1=NCCc2ccccc21. The highest BCUT2D eigenvalue weighted by Crippen LogP contribution is 2.14. The average molecular weight is 156 g/mol. The van der Waals surface area contributed by atoms with Crippen molar-refractivity contribution < 1.29 is 0 Å². The van der Waals surface area contributed by atoms with Crippen LogP contribution in [0.15, 0.2) is 29.3 Å². The highest BCUT2D eigenvalue weighted by Gasteiger charge is 2.11. The number of nitrogens with zero attached hydrogens (tertiary/aromatic N) is 2. The Labute approximate surface area is 71.2 Å². The van der Waals surface area contributed by atoms with Crippen molar-refractivity contribution in [1.29, 1.82) is 5.26 Å². The van der Waals surface area contributed by atoms with Gasteiger partial charge in [0.15, 0.2) is 0 Å². The van der Waals surface area contributed by atoms with E-state index in [0.717, 1.165) is 18.5 Å². The maximum atomic E-state index is 8.76. The average Bonchev–Trinajstić information content (AvgIpc) is 2.17. The topological polar surface area (TPSA) is 36.1 Å². The van der Waals surface area contributed by atoms with E-state index in [1.165, 1.54) is 5.56 Å². The molecule has 1 aromatic rings. The fraction of sp³-hybridized carbons (Fsp3) is 0.200. The summed E-state index contributed by atoms with van der Waals surface area (Å²) in [5.74, 6) is 0. The number of rotatable bonds is 0. The zero-order valence-electron chi connectivity index (χ0n) is 6.62. The largest absolute Gasteiger partial charge is 0.273 e. The molecule has 0 saturated carbocycles. The van der Waals surface area contributed by atoms with E-state index >= 15 is 0 Å². The van der Waals surface area contributed by atoms with Gasteiger partial charge in [-0.3, -0.25) is 4.99 Å². The Hall–Kier alpha value is -1.62. The fourth-order valence-corrected chi connectivity index (χ4v) is 1.44. The molecule has 0 atom stereocenters. The maximum absolute atomic E-state index is 8.76. The summed E-state index contributed by atoms with van der Waals surface area (Å²) in [5.41, 5.74) is 2.83. The lowest BCUT2D eigenvalue weighted by atomic mass is 9.99. The molecule has 12 heavy (non-hydrogen) atoms. The number of benzene rings is 1. The molecule has 1 heterocycles.